The summed E-state index contributed by atoms with van der Waals surface area (Å²) >= 11 is 0. The van der Waals surface area contributed by atoms with Crippen molar-refractivity contribution in [3.8, 4) is 0 Å². The number of hydrogen-bond donors (Lipinski definition) is 1. The van der Waals surface area contributed by atoms with Crippen LogP contribution < -0.4 is 5.32 Å². The van der Waals surface area contributed by atoms with Gasteiger partial charge in [0.1, 0.15) is 11.6 Å². The fourth-order valence-electron chi connectivity index (χ4n) is 1.81. The number of esters is 1. The van der Waals surface area contributed by atoms with Crippen LogP contribution in [0.4, 0.5) is 4.79 Å². The zero-order valence-electron chi connectivity index (χ0n) is 15.1. The smallest absolute Gasteiger partial charge is 0.410 e. The number of nitrogens with one attached hydrogen (secondary N) is 1. The van der Waals surface area contributed by atoms with Gasteiger partial charge in [-0.2, -0.15) is 0 Å². The van der Waals surface area contributed by atoms with Crippen molar-refractivity contribution in [3.63, 3.8) is 0 Å². The molecule has 0 fully saturated rings. The molecular weight excluding hydrogens is 302 g/mol. The van der Waals surface area contributed by atoms with Crippen LogP contribution in [0, 0.1) is 0 Å². The maximum Gasteiger partial charge on any atom is 0.410 e. The monoisotopic (exact) mass is 331 g/mol. The summed E-state index contributed by atoms with van der Waals surface area (Å²) < 4.78 is 10.0. The van der Waals surface area contributed by atoms with Crippen LogP contribution in [0.1, 0.15) is 27.7 Å². The van der Waals surface area contributed by atoms with Gasteiger partial charge in [-0.15, -0.1) is 0 Å². The summed E-state index contributed by atoms with van der Waals surface area (Å²) in [5.74, 6) is -0.723. The second kappa shape index (κ2) is 9.34. The molecule has 0 aromatic carbocycles. The zero-order chi connectivity index (χ0) is 18.2. The predicted molar refractivity (Wildman–Crippen MR) is 86.0 cm³/mol. The van der Waals surface area contributed by atoms with Gasteiger partial charge in [0.05, 0.1) is 13.7 Å². The predicted octanol–water partition coefficient (Wildman–Crippen LogP) is 0.463. The fraction of sp³-hybridized carbons (Fsp3) is 0.800. The molecular formula is C15H29N3O5. The molecule has 0 rings (SSSR count). The Bertz CT molecular complexity index is 420. The highest BCUT2D eigenvalue weighted by atomic mass is 16.6. The maximum absolute atomic E-state index is 12.1. The van der Waals surface area contributed by atoms with Gasteiger partial charge in [0.15, 0.2) is 0 Å². The lowest BCUT2D eigenvalue weighted by Crippen LogP contribution is -2.51. The Morgan fingerprint density at radius 1 is 1.17 bits per heavy atom. The van der Waals surface area contributed by atoms with Crippen molar-refractivity contribution >= 4 is 18.0 Å². The molecule has 0 aromatic heterocycles. The molecule has 134 valence electrons. The highest BCUT2D eigenvalue weighted by Gasteiger charge is 2.32. The minimum Gasteiger partial charge on any atom is -0.467 e. The summed E-state index contributed by atoms with van der Waals surface area (Å²) in [5, 5.41) is 2.67. The molecule has 0 bridgehead atoms. The van der Waals surface area contributed by atoms with Gasteiger partial charge >= 0.3 is 12.1 Å². The van der Waals surface area contributed by atoms with Gasteiger partial charge < -0.3 is 14.8 Å². The van der Waals surface area contributed by atoms with Crippen molar-refractivity contribution in [2.75, 3.05) is 40.8 Å². The Hall–Kier alpha value is -1.83. The third-order valence-corrected chi connectivity index (χ3v) is 2.89. The van der Waals surface area contributed by atoms with Crippen molar-refractivity contribution in [1.29, 1.82) is 0 Å². The molecule has 1 N–H and O–H groups in total. The molecule has 1 unspecified atom stereocenters. The van der Waals surface area contributed by atoms with Crippen LogP contribution in [0.25, 0.3) is 0 Å². The second-order valence-corrected chi connectivity index (χ2v) is 6.28. The van der Waals surface area contributed by atoms with E-state index >= 15 is 0 Å². The molecule has 0 spiro atoms. The number of methoxy groups -OCH3 is 1. The molecule has 0 saturated carbocycles. The van der Waals surface area contributed by atoms with E-state index in [-0.39, 0.29) is 19.0 Å². The molecule has 8 heteroatoms. The van der Waals surface area contributed by atoms with Crippen LogP contribution in [0.15, 0.2) is 0 Å². The maximum atomic E-state index is 12.1. The van der Waals surface area contributed by atoms with Gasteiger partial charge in [-0.1, -0.05) is 0 Å². The fourth-order valence-corrected chi connectivity index (χ4v) is 1.81. The van der Waals surface area contributed by atoms with Crippen molar-refractivity contribution in [2.24, 2.45) is 0 Å². The summed E-state index contributed by atoms with van der Waals surface area (Å²) in [4.78, 5) is 38.5. The molecule has 0 aromatic rings. The highest BCUT2D eigenvalue weighted by molar-refractivity contribution is 5.82. The van der Waals surface area contributed by atoms with E-state index < -0.39 is 23.7 Å². The molecule has 8 nitrogen and oxygen atoms in total. The lowest BCUT2D eigenvalue weighted by molar-refractivity contribution is -0.147. The van der Waals surface area contributed by atoms with E-state index in [0.29, 0.717) is 6.54 Å². The quantitative estimate of drug-likeness (QED) is 0.682. The Morgan fingerprint density at radius 3 is 2.17 bits per heavy atom. The van der Waals surface area contributed by atoms with E-state index in [1.807, 2.05) is 6.92 Å². The van der Waals surface area contributed by atoms with Crippen LogP contribution in [0.2, 0.25) is 0 Å². The summed E-state index contributed by atoms with van der Waals surface area (Å²) in [6.07, 6.45) is -0.626. The van der Waals surface area contributed by atoms with Gasteiger partial charge in [0, 0.05) is 20.1 Å². The minimum absolute atomic E-state index is 0.115. The number of nitrogens with zero attached hydrogens (tertiary/aromatic N) is 2. The van der Waals surface area contributed by atoms with Crippen molar-refractivity contribution < 1.29 is 23.9 Å². The van der Waals surface area contributed by atoms with E-state index in [1.54, 1.807) is 32.7 Å². The van der Waals surface area contributed by atoms with Gasteiger partial charge in [-0.05, 0) is 34.7 Å². The number of amides is 2. The van der Waals surface area contributed by atoms with Crippen molar-refractivity contribution in [1.82, 2.24) is 15.1 Å². The van der Waals surface area contributed by atoms with Crippen LogP contribution in [-0.4, -0.2) is 80.3 Å². The van der Waals surface area contributed by atoms with Gasteiger partial charge in [-0.3, -0.25) is 14.6 Å². The Kier molecular flexibility index (Phi) is 8.60. The molecule has 2 amide bonds. The number of carbonyl (C=O) groups is 3. The second-order valence-electron chi connectivity index (χ2n) is 6.28. The first kappa shape index (κ1) is 21.2. The van der Waals surface area contributed by atoms with Crippen LogP contribution in [0.3, 0.4) is 0 Å². The minimum atomic E-state index is -0.866. The molecule has 23 heavy (non-hydrogen) atoms. The van der Waals surface area contributed by atoms with E-state index in [9.17, 15) is 14.4 Å². The van der Waals surface area contributed by atoms with Crippen molar-refractivity contribution in [2.45, 2.75) is 39.3 Å². The lowest BCUT2D eigenvalue weighted by atomic mass is 10.2. The van der Waals surface area contributed by atoms with Crippen LogP contribution >= 0.6 is 0 Å². The van der Waals surface area contributed by atoms with Gasteiger partial charge in [-0.25, -0.2) is 9.59 Å². The van der Waals surface area contributed by atoms with Crippen molar-refractivity contribution in [3.05, 3.63) is 0 Å². The number of likely N-dealkylation sites (N-methyl/N-ethyl adjacent to an activating group) is 3. The molecule has 0 heterocycles. The SMILES string of the molecule is CCNC(=O)CN(C)CC(C(=O)OC)N(C)C(=O)OC(C)(C)C. The van der Waals surface area contributed by atoms with E-state index in [1.165, 1.54) is 19.1 Å². The standard InChI is InChI=1S/C15H29N3O5/c1-8-16-12(19)10-17(5)9-11(13(20)22-7)18(6)14(21)23-15(2,3)4/h11H,8-10H2,1-7H3,(H,16,19). The number of ether oxygens (including phenoxy) is 2. The van der Waals surface area contributed by atoms with Crippen LogP contribution in [-0.2, 0) is 19.1 Å². The number of rotatable bonds is 7. The average molecular weight is 331 g/mol. The summed E-state index contributed by atoms with van der Waals surface area (Å²) in [6, 6.07) is -0.866. The first-order chi connectivity index (χ1) is 10.5. The summed E-state index contributed by atoms with van der Waals surface area (Å²) in [6.45, 7) is 7.85. The van der Waals surface area contributed by atoms with E-state index in [4.69, 9.17) is 9.47 Å². The Morgan fingerprint density at radius 2 is 1.74 bits per heavy atom. The van der Waals surface area contributed by atoms with Gasteiger partial charge in [0.2, 0.25) is 5.91 Å². The third kappa shape index (κ3) is 8.39. The van der Waals surface area contributed by atoms with E-state index in [2.05, 4.69) is 5.32 Å². The topological polar surface area (TPSA) is 88.2 Å². The molecule has 0 aliphatic rings. The molecule has 0 radical (unpaired) electrons. The average Bonchev–Trinajstić information content (AvgIpc) is 2.41. The molecule has 0 aliphatic carbocycles. The number of carbonyl (C=O) groups excluding carboxylic acids is 3. The first-order valence-corrected chi connectivity index (χ1v) is 7.50. The van der Waals surface area contributed by atoms with Crippen LogP contribution in [0.5, 0.6) is 0 Å². The van der Waals surface area contributed by atoms with Gasteiger partial charge in [0.25, 0.3) is 0 Å². The highest BCUT2D eigenvalue weighted by Crippen LogP contribution is 2.12. The summed E-state index contributed by atoms with van der Waals surface area (Å²) in [7, 11) is 4.41. The largest absolute Gasteiger partial charge is 0.467 e. The normalized spacial score (nSPS) is 12.5. The first-order valence-electron chi connectivity index (χ1n) is 7.50. The molecule has 0 saturated heterocycles. The van der Waals surface area contributed by atoms with E-state index in [0.717, 1.165) is 0 Å². The molecule has 1 atom stereocenters. The Labute approximate surface area is 138 Å². The zero-order valence-corrected chi connectivity index (χ0v) is 15.1. The third-order valence-electron chi connectivity index (χ3n) is 2.89. The number of hydrogen-bond acceptors (Lipinski definition) is 6. The summed E-state index contributed by atoms with van der Waals surface area (Å²) in [5.41, 5.74) is -0.668. The lowest BCUT2D eigenvalue weighted by Gasteiger charge is -2.31. The molecule has 0 aliphatic heterocycles. The Balaban J connectivity index is 4.90.